The summed E-state index contributed by atoms with van der Waals surface area (Å²) in [5.41, 5.74) is 2.51. The first-order valence-electron chi connectivity index (χ1n) is 6.27. The third-order valence-electron chi connectivity index (χ3n) is 3.12. The summed E-state index contributed by atoms with van der Waals surface area (Å²) in [4.78, 5) is 11.9. The zero-order valence-electron chi connectivity index (χ0n) is 12.0. The van der Waals surface area contributed by atoms with Crippen LogP contribution in [0.1, 0.15) is 47.1 Å². The molecule has 0 aliphatic carbocycles. The summed E-state index contributed by atoms with van der Waals surface area (Å²) in [6.07, 6.45) is 0. The smallest absolute Gasteiger partial charge is 0.408 e. The van der Waals surface area contributed by atoms with Crippen molar-refractivity contribution < 1.29 is 4.42 Å². The lowest BCUT2D eigenvalue weighted by Gasteiger charge is -2.22. The van der Waals surface area contributed by atoms with E-state index in [1.807, 2.05) is 32.9 Å². The van der Waals surface area contributed by atoms with Gasteiger partial charge in [0.1, 0.15) is 0 Å². The van der Waals surface area contributed by atoms with Gasteiger partial charge >= 0.3 is 5.76 Å². The maximum Gasteiger partial charge on any atom is 0.420 e. The summed E-state index contributed by atoms with van der Waals surface area (Å²) in [6.45, 7) is 12.5. The third kappa shape index (κ3) is 2.09. The minimum Gasteiger partial charge on any atom is -0.408 e. The Morgan fingerprint density at radius 1 is 1.06 bits per heavy atom. The molecule has 2 rings (SSSR count). The standard InChI is InChI=1S/C15H21NO2/c1-14(2,3)10-7-8-12-11(9-10)16(13(17)18-12)15(4,5)6/h7-9H,1-6H3. The Bertz CT molecular complexity index is 633. The molecule has 1 heterocycles. The van der Waals surface area contributed by atoms with E-state index >= 15 is 0 Å². The van der Waals surface area contributed by atoms with E-state index in [1.165, 1.54) is 5.56 Å². The van der Waals surface area contributed by atoms with Gasteiger partial charge in [0, 0.05) is 5.54 Å². The number of aromatic nitrogens is 1. The first-order valence-corrected chi connectivity index (χ1v) is 6.27. The minimum atomic E-state index is -0.288. The molecule has 98 valence electrons. The third-order valence-corrected chi connectivity index (χ3v) is 3.12. The molecule has 2 aromatic rings. The number of nitrogens with zero attached hydrogens (tertiary/aromatic N) is 1. The van der Waals surface area contributed by atoms with Crippen molar-refractivity contribution in [3.05, 3.63) is 34.3 Å². The van der Waals surface area contributed by atoms with E-state index in [0.717, 1.165) is 5.52 Å². The molecule has 0 unspecified atom stereocenters. The van der Waals surface area contributed by atoms with Crippen LogP contribution in [0.5, 0.6) is 0 Å². The molecule has 1 aromatic carbocycles. The summed E-state index contributed by atoms with van der Waals surface area (Å²) in [5, 5.41) is 0. The highest BCUT2D eigenvalue weighted by atomic mass is 16.4. The van der Waals surface area contributed by atoms with E-state index in [4.69, 9.17) is 4.42 Å². The largest absolute Gasteiger partial charge is 0.420 e. The molecule has 0 saturated heterocycles. The fourth-order valence-corrected chi connectivity index (χ4v) is 2.12. The molecule has 1 aromatic heterocycles. The first-order chi connectivity index (χ1) is 8.10. The number of rotatable bonds is 0. The summed E-state index contributed by atoms with van der Waals surface area (Å²) in [6, 6.07) is 5.98. The molecule has 18 heavy (non-hydrogen) atoms. The summed E-state index contributed by atoms with van der Waals surface area (Å²) >= 11 is 0. The van der Waals surface area contributed by atoms with Crippen LogP contribution in [0.15, 0.2) is 27.4 Å². The van der Waals surface area contributed by atoms with Gasteiger partial charge in [0.05, 0.1) is 5.52 Å². The number of hydrogen-bond acceptors (Lipinski definition) is 2. The first kappa shape index (κ1) is 12.9. The molecule has 0 bridgehead atoms. The second kappa shape index (κ2) is 3.74. The fraction of sp³-hybridized carbons (Fsp3) is 0.533. The zero-order valence-corrected chi connectivity index (χ0v) is 12.0. The van der Waals surface area contributed by atoms with Crippen molar-refractivity contribution in [2.75, 3.05) is 0 Å². The lowest BCUT2D eigenvalue weighted by Crippen LogP contribution is -2.30. The van der Waals surface area contributed by atoms with Crippen LogP contribution in [0.3, 0.4) is 0 Å². The van der Waals surface area contributed by atoms with E-state index in [0.29, 0.717) is 5.58 Å². The lowest BCUT2D eigenvalue weighted by atomic mass is 9.87. The van der Waals surface area contributed by atoms with Crippen LogP contribution < -0.4 is 5.76 Å². The molecule has 0 fully saturated rings. The molecule has 3 heteroatoms. The van der Waals surface area contributed by atoms with E-state index in [2.05, 4.69) is 26.8 Å². The van der Waals surface area contributed by atoms with Gasteiger partial charge in [0.25, 0.3) is 0 Å². The van der Waals surface area contributed by atoms with Gasteiger partial charge in [-0.05, 0) is 43.9 Å². The van der Waals surface area contributed by atoms with Crippen molar-refractivity contribution in [3.63, 3.8) is 0 Å². The van der Waals surface area contributed by atoms with Gasteiger partial charge < -0.3 is 4.42 Å². The van der Waals surface area contributed by atoms with E-state index in [9.17, 15) is 4.79 Å². The van der Waals surface area contributed by atoms with Gasteiger partial charge in [-0.25, -0.2) is 4.79 Å². The Morgan fingerprint density at radius 2 is 1.67 bits per heavy atom. The van der Waals surface area contributed by atoms with Crippen molar-refractivity contribution in [2.24, 2.45) is 0 Å². The Balaban J connectivity index is 2.80. The Kier molecular flexibility index (Phi) is 2.69. The highest BCUT2D eigenvalue weighted by molar-refractivity contribution is 5.74. The fourth-order valence-electron chi connectivity index (χ4n) is 2.12. The summed E-state index contributed by atoms with van der Waals surface area (Å²) < 4.78 is 7.02. The van der Waals surface area contributed by atoms with Crippen molar-refractivity contribution >= 4 is 11.1 Å². The van der Waals surface area contributed by atoms with Crippen molar-refractivity contribution in [1.29, 1.82) is 0 Å². The van der Waals surface area contributed by atoms with Gasteiger partial charge in [-0.15, -0.1) is 0 Å². The highest BCUT2D eigenvalue weighted by Gasteiger charge is 2.23. The maximum atomic E-state index is 11.9. The van der Waals surface area contributed by atoms with Gasteiger partial charge in [0.2, 0.25) is 0 Å². The van der Waals surface area contributed by atoms with Crippen LogP contribution in [0.25, 0.3) is 11.1 Å². The molecule has 0 radical (unpaired) electrons. The number of fused-ring (bicyclic) bond motifs is 1. The van der Waals surface area contributed by atoms with Gasteiger partial charge in [-0.3, -0.25) is 4.57 Å². The van der Waals surface area contributed by atoms with Crippen molar-refractivity contribution in [1.82, 2.24) is 4.57 Å². The highest BCUT2D eigenvalue weighted by Crippen LogP contribution is 2.27. The van der Waals surface area contributed by atoms with Crippen LogP contribution in [-0.2, 0) is 11.0 Å². The summed E-state index contributed by atoms with van der Waals surface area (Å²) in [5.74, 6) is -0.288. The maximum absolute atomic E-state index is 11.9. The average molecular weight is 247 g/mol. The molecule has 0 spiro atoms. The Labute approximate surface area is 107 Å². The number of benzene rings is 1. The molecule has 0 N–H and O–H groups in total. The van der Waals surface area contributed by atoms with Crippen molar-refractivity contribution in [2.45, 2.75) is 52.5 Å². The molecule has 0 aliphatic heterocycles. The molecular weight excluding hydrogens is 226 g/mol. The lowest BCUT2D eigenvalue weighted by molar-refractivity contribution is 0.362. The predicted molar refractivity (Wildman–Crippen MR) is 74.2 cm³/mol. The number of oxazole rings is 1. The van der Waals surface area contributed by atoms with Crippen LogP contribution in [0.4, 0.5) is 0 Å². The summed E-state index contributed by atoms with van der Waals surface area (Å²) in [7, 11) is 0. The molecule has 3 nitrogen and oxygen atoms in total. The topological polar surface area (TPSA) is 35.1 Å². The second-order valence-electron chi connectivity index (χ2n) is 6.81. The monoisotopic (exact) mass is 247 g/mol. The Morgan fingerprint density at radius 3 is 2.17 bits per heavy atom. The van der Waals surface area contributed by atoms with Crippen LogP contribution in [0, 0.1) is 0 Å². The van der Waals surface area contributed by atoms with E-state index in [-0.39, 0.29) is 16.7 Å². The van der Waals surface area contributed by atoms with E-state index < -0.39 is 0 Å². The molecular formula is C15H21NO2. The molecule has 0 saturated carbocycles. The molecule has 0 aliphatic rings. The number of hydrogen-bond donors (Lipinski definition) is 0. The second-order valence-corrected chi connectivity index (χ2v) is 6.81. The average Bonchev–Trinajstić information content (AvgIpc) is 2.49. The van der Waals surface area contributed by atoms with E-state index in [1.54, 1.807) is 4.57 Å². The normalized spacial score (nSPS) is 13.2. The quantitative estimate of drug-likeness (QED) is 0.712. The van der Waals surface area contributed by atoms with Gasteiger partial charge in [0.15, 0.2) is 5.58 Å². The molecule has 0 atom stereocenters. The van der Waals surface area contributed by atoms with Crippen molar-refractivity contribution in [3.8, 4) is 0 Å². The Hall–Kier alpha value is -1.51. The van der Waals surface area contributed by atoms with Gasteiger partial charge in [-0.1, -0.05) is 26.8 Å². The predicted octanol–water partition coefficient (Wildman–Crippen LogP) is 3.65. The van der Waals surface area contributed by atoms with Crippen LogP contribution in [-0.4, -0.2) is 4.57 Å². The zero-order chi connectivity index (χ0) is 13.7. The van der Waals surface area contributed by atoms with Gasteiger partial charge in [-0.2, -0.15) is 0 Å². The van der Waals surface area contributed by atoms with Crippen LogP contribution in [0.2, 0.25) is 0 Å². The molecule has 0 amide bonds. The van der Waals surface area contributed by atoms with Crippen LogP contribution >= 0.6 is 0 Å². The SMILES string of the molecule is CC(C)(C)c1ccc2oc(=O)n(C(C)(C)C)c2c1. The minimum absolute atomic E-state index is 0.0597.